The van der Waals surface area contributed by atoms with Crippen LogP contribution in [0.15, 0.2) is 18.2 Å². The third kappa shape index (κ3) is 4.46. The molecule has 0 aliphatic carbocycles. The van der Waals surface area contributed by atoms with Gasteiger partial charge in [0.15, 0.2) is 0 Å². The fraction of sp³-hybridized carbons (Fsp3) is 0.222. The number of carbonyl (C=O) groups is 1. The standard InChI is InChI=1S/C9H9ClFNO2.ClH/c10-7-2-1-3-8(11)6(7)4-12-5-9(13)14;/h1-3,12H,4-5H2,(H,13,14);1H. The topological polar surface area (TPSA) is 49.3 Å². The SMILES string of the molecule is Cl.O=C(O)CNCc1c(F)cccc1Cl. The van der Waals surface area contributed by atoms with Crippen LogP contribution in [-0.2, 0) is 11.3 Å². The van der Waals surface area contributed by atoms with E-state index in [1.807, 2.05) is 0 Å². The average molecular weight is 254 g/mol. The zero-order valence-electron chi connectivity index (χ0n) is 7.67. The lowest BCUT2D eigenvalue weighted by atomic mass is 10.2. The van der Waals surface area contributed by atoms with Gasteiger partial charge in [-0.1, -0.05) is 17.7 Å². The van der Waals surface area contributed by atoms with E-state index in [1.54, 1.807) is 6.07 Å². The molecular weight excluding hydrogens is 244 g/mol. The smallest absolute Gasteiger partial charge is 0.317 e. The number of halogens is 3. The molecule has 0 atom stereocenters. The van der Waals surface area contributed by atoms with E-state index in [0.717, 1.165) is 0 Å². The lowest BCUT2D eigenvalue weighted by Crippen LogP contribution is -2.22. The highest BCUT2D eigenvalue weighted by atomic mass is 35.5. The van der Waals surface area contributed by atoms with Crippen molar-refractivity contribution in [2.24, 2.45) is 0 Å². The van der Waals surface area contributed by atoms with Gasteiger partial charge in [0.25, 0.3) is 0 Å². The summed E-state index contributed by atoms with van der Waals surface area (Å²) in [4.78, 5) is 10.2. The van der Waals surface area contributed by atoms with Crippen molar-refractivity contribution in [2.45, 2.75) is 6.54 Å². The highest BCUT2D eigenvalue weighted by Gasteiger charge is 2.06. The Kier molecular flexibility index (Phi) is 6.24. The van der Waals surface area contributed by atoms with E-state index in [1.165, 1.54) is 12.1 Å². The second-order valence-corrected chi connectivity index (χ2v) is 3.10. The van der Waals surface area contributed by atoms with Crippen molar-refractivity contribution in [1.29, 1.82) is 0 Å². The minimum atomic E-state index is -0.988. The third-order valence-electron chi connectivity index (χ3n) is 1.64. The Labute approximate surface area is 97.7 Å². The largest absolute Gasteiger partial charge is 0.480 e. The van der Waals surface area contributed by atoms with Crippen LogP contribution in [0.5, 0.6) is 0 Å². The lowest BCUT2D eigenvalue weighted by molar-refractivity contribution is -0.136. The molecule has 84 valence electrons. The Morgan fingerprint density at radius 2 is 2.20 bits per heavy atom. The first kappa shape index (κ1) is 14.2. The van der Waals surface area contributed by atoms with Crippen LogP contribution in [0.1, 0.15) is 5.56 Å². The van der Waals surface area contributed by atoms with Crippen molar-refractivity contribution >= 4 is 30.0 Å². The molecule has 0 aliphatic rings. The second-order valence-electron chi connectivity index (χ2n) is 2.70. The molecule has 0 unspecified atom stereocenters. The first-order valence-electron chi connectivity index (χ1n) is 3.96. The molecule has 2 N–H and O–H groups in total. The van der Waals surface area contributed by atoms with Gasteiger partial charge in [-0.3, -0.25) is 4.79 Å². The Morgan fingerprint density at radius 1 is 1.53 bits per heavy atom. The molecule has 0 aliphatic heterocycles. The number of hydrogen-bond acceptors (Lipinski definition) is 2. The molecule has 6 heteroatoms. The number of rotatable bonds is 4. The van der Waals surface area contributed by atoms with E-state index in [0.29, 0.717) is 5.02 Å². The first-order chi connectivity index (χ1) is 6.61. The summed E-state index contributed by atoms with van der Waals surface area (Å²) in [6, 6.07) is 4.34. The summed E-state index contributed by atoms with van der Waals surface area (Å²) in [6.07, 6.45) is 0. The van der Waals surface area contributed by atoms with E-state index in [2.05, 4.69) is 5.32 Å². The van der Waals surface area contributed by atoms with Crippen LogP contribution in [0, 0.1) is 5.82 Å². The van der Waals surface area contributed by atoms with Crippen LogP contribution < -0.4 is 5.32 Å². The number of carboxylic acids is 1. The molecule has 0 spiro atoms. The number of nitrogens with one attached hydrogen (secondary N) is 1. The lowest BCUT2D eigenvalue weighted by Gasteiger charge is -2.05. The molecule has 0 aromatic heterocycles. The molecular formula is C9H10Cl2FNO2. The summed E-state index contributed by atoms with van der Waals surface area (Å²) in [5, 5.41) is 11.2. The van der Waals surface area contributed by atoms with Crippen LogP contribution in [0.25, 0.3) is 0 Å². The maximum Gasteiger partial charge on any atom is 0.317 e. The van der Waals surface area contributed by atoms with Crippen LogP contribution >= 0.6 is 24.0 Å². The Morgan fingerprint density at radius 3 is 2.73 bits per heavy atom. The molecule has 1 aromatic rings. The average Bonchev–Trinajstić information content (AvgIpc) is 2.09. The Bertz CT molecular complexity index is 327. The Balaban J connectivity index is 0.00000196. The predicted molar refractivity (Wildman–Crippen MR) is 58.0 cm³/mol. The van der Waals surface area contributed by atoms with Crippen LogP contribution in [0.4, 0.5) is 4.39 Å². The summed E-state index contributed by atoms with van der Waals surface area (Å²) in [5.41, 5.74) is 0.287. The maximum atomic E-state index is 13.1. The van der Waals surface area contributed by atoms with Gasteiger partial charge in [0.2, 0.25) is 0 Å². The van der Waals surface area contributed by atoms with E-state index >= 15 is 0 Å². The van der Waals surface area contributed by atoms with Gasteiger partial charge in [-0.2, -0.15) is 0 Å². The molecule has 15 heavy (non-hydrogen) atoms. The normalized spacial score (nSPS) is 9.47. The van der Waals surface area contributed by atoms with Crippen molar-refractivity contribution in [2.75, 3.05) is 6.54 Å². The van der Waals surface area contributed by atoms with Crippen molar-refractivity contribution in [3.05, 3.63) is 34.6 Å². The molecule has 1 aromatic carbocycles. The van der Waals surface area contributed by atoms with Crippen molar-refractivity contribution in [3.8, 4) is 0 Å². The fourth-order valence-corrected chi connectivity index (χ4v) is 1.23. The third-order valence-corrected chi connectivity index (χ3v) is 1.99. The van der Waals surface area contributed by atoms with E-state index in [9.17, 15) is 9.18 Å². The summed E-state index contributed by atoms with van der Waals surface area (Å²) in [6.45, 7) is -0.109. The summed E-state index contributed by atoms with van der Waals surface area (Å²) in [7, 11) is 0. The number of carboxylic acid groups (broad SMARTS) is 1. The van der Waals surface area contributed by atoms with Gasteiger partial charge in [-0.15, -0.1) is 12.4 Å². The minimum Gasteiger partial charge on any atom is -0.480 e. The second kappa shape index (κ2) is 6.61. The molecule has 0 radical (unpaired) electrons. The molecule has 3 nitrogen and oxygen atoms in total. The molecule has 0 saturated carbocycles. The molecule has 0 bridgehead atoms. The van der Waals surface area contributed by atoms with Crippen LogP contribution in [0.3, 0.4) is 0 Å². The highest BCUT2D eigenvalue weighted by molar-refractivity contribution is 6.31. The summed E-state index contributed by atoms with van der Waals surface area (Å²) in [5.74, 6) is -1.42. The van der Waals surface area contributed by atoms with Gasteiger partial charge in [0.05, 0.1) is 6.54 Å². The molecule has 0 saturated heterocycles. The predicted octanol–water partition coefficient (Wildman–Crippen LogP) is 2.08. The van der Waals surface area contributed by atoms with Crippen molar-refractivity contribution in [1.82, 2.24) is 5.32 Å². The first-order valence-corrected chi connectivity index (χ1v) is 4.34. The van der Waals surface area contributed by atoms with Gasteiger partial charge in [0.1, 0.15) is 5.82 Å². The van der Waals surface area contributed by atoms with Crippen molar-refractivity contribution in [3.63, 3.8) is 0 Å². The molecule has 0 amide bonds. The zero-order chi connectivity index (χ0) is 10.6. The van der Waals surface area contributed by atoms with E-state index in [4.69, 9.17) is 16.7 Å². The van der Waals surface area contributed by atoms with Crippen LogP contribution in [-0.4, -0.2) is 17.6 Å². The fourth-order valence-electron chi connectivity index (χ4n) is 0.996. The molecule has 1 rings (SSSR count). The number of benzene rings is 1. The van der Waals surface area contributed by atoms with Gasteiger partial charge in [0, 0.05) is 17.1 Å². The van der Waals surface area contributed by atoms with Gasteiger partial charge in [-0.25, -0.2) is 4.39 Å². The molecule has 0 heterocycles. The van der Waals surface area contributed by atoms with Crippen molar-refractivity contribution < 1.29 is 14.3 Å². The monoisotopic (exact) mass is 253 g/mol. The zero-order valence-corrected chi connectivity index (χ0v) is 9.24. The van der Waals surface area contributed by atoms with Gasteiger partial charge < -0.3 is 10.4 Å². The molecule has 0 fully saturated rings. The van der Waals surface area contributed by atoms with Crippen LogP contribution in [0.2, 0.25) is 5.02 Å². The Hall–Kier alpha value is -0.840. The minimum absolute atomic E-state index is 0. The number of aliphatic carboxylic acids is 1. The maximum absolute atomic E-state index is 13.1. The van der Waals surface area contributed by atoms with Gasteiger partial charge in [-0.05, 0) is 12.1 Å². The highest BCUT2D eigenvalue weighted by Crippen LogP contribution is 2.18. The summed E-state index contributed by atoms with van der Waals surface area (Å²) < 4.78 is 13.1. The van der Waals surface area contributed by atoms with Gasteiger partial charge >= 0.3 is 5.97 Å². The summed E-state index contributed by atoms with van der Waals surface area (Å²) >= 11 is 5.72. The van der Waals surface area contributed by atoms with E-state index in [-0.39, 0.29) is 31.1 Å². The number of hydrogen-bond donors (Lipinski definition) is 2. The van der Waals surface area contributed by atoms with E-state index < -0.39 is 11.8 Å². The quantitative estimate of drug-likeness (QED) is 0.864.